The van der Waals surface area contributed by atoms with E-state index in [4.69, 9.17) is 9.39 Å². The summed E-state index contributed by atoms with van der Waals surface area (Å²) in [7, 11) is -0.630. The summed E-state index contributed by atoms with van der Waals surface area (Å²) in [6.07, 6.45) is 0. The number of fused-ring (bicyclic) bond motifs is 1. The molecule has 1 aromatic carbocycles. The molecular formula is C16H18BF2N3O3S. The van der Waals surface area contributed by atoms with Crippen molar-refractivity contribution in [2.24, 2.45) is 4.99 Å². The van der Waals surface area contributed by atoms with Gasteiger partial charge in [0.2, 0.25) is 0 Å². The number of carbonyl (C=O) groups is 1. The topological polar surface area (TPSA) is 55.0 Å². The predicted molar refractivity (Wildman–Crippen MR) is 96.6 cm³/mol. The molecule has 0 atom stereocenters. The number of anilines is 1. The van der Waals surface area contributed by atoms with E-state index in [0.717, 1.165) is 17.0 Å². The Morgan fingerprint density at radius 3 is 2.58 bits per heavy atom. The van der Waals surface area contributed by atoms with Gasteiger partial charge in [-0.15, -0.1) is 0 Å². The van der Waals surface area contributed by atoms with Crippen LogP contribution in [-0.4, -0.2) is 39.6 Å². The van der Waals surface area contributed by atoms with E-state index in [1.54, 1.807) is 31.2 Å². The molecule has 0 radical (unpaired) electrons. The molecule has 0 bridgehead atoms. The smallest absolute Gasteiger partial charge is 0.590 e. The highest BCUT2D eigenvalue weighted by Crippen LogP contribution is 2.31. The molecule has 0 N–H and O–H groups in total. The van der Waals surface area contributed by atoms with Gasteiger partial charge in [0.25, 0.3) is 5.90 Å². The van der Waals surface area contributed by atoms with Crippen LogP contribution in [-0.2, 0) is 9.39 Å². The molecule has 6 nitrogen and oxygen atoms in total. The summed E-state index contributed by atoms with van der Waals surface area (Å²) in [6.45, 7) is 3.25. The maximum atomic E-state index is 14.6. The average Bonchev–Trinajstić information content (AvgIpc) is 2.92. The first-order chi connectivity index (χ1) is 12.2. The summed E-state index contributed by atoms with van der Waals surface area (Å²) in [5.74, 6) is -0.812. The number of aromatic nitrogens is 1. The number of halogens is 2. The number of carbonyl (C=O) groups excluding carboxylic acids is 1. The van der Waals surface area contributed by atoms with Crippen molar-refractivity contribution in [2.45, 2.75) is 13.8 Å². The number of thiazole rings is 1. The highest BCUT2D eigenvalue weighted by Gasteiger charge is 2.50. The lowest BCUT2D eigenvalue weighted by molar-refractivity contribution is -0.570. The van der Waals surface area contributed by atoms with Crippen LogP contribution >= 0.6 is 11.3 Å². The molecule has 0 fully saturated rings. The van der Waals surface area contributed by atoms with Crippen molar-refractivity contribution in [3.8, 4) is 0 Å². The molecule has 1 aromatic heterocycles. The number of benzene rings is 1. The molecule has 0 aliphatic carbocycles. The van der Waals surface area contributed by atoms with Crippen molar-refractivity contribution in [3.63, 3.8) is 0 Å². The van der Waals surface area contributed by atoms with Crippen LogP contribution in [0.4, 0.5) is 19.5 Å². The number of rotatable bonds is 4. The van der Waals surface area contributed by atoms with Crippen molar-refractivity contribution in [2.75, 3.05) is 25.6 Å². The van der Waals surface area contributed by atoms with Crippen molar-refractivity contribution in [1.82, 2.24) is 0 Å². The van der Waals surface area contributed by atoms with Crippen LogP contribution in [0.2, 0.25) is 0 Å². The van der Waals surface area contributed by atoms with Gasteiger partial charge < -0.3 is 27.4 Å². The van der Waals surface area contributed by atoms with Gasteiger partial charge in [0.1, 0.15) is 0 Å². The van der Waals surface area contributed by atoms with Crippen LogP contribution in [0.1, 0.15) is 27.9 Å². The first kappa shape index (κ1) is 18.3. The zero-order valence-electron chi connectivity index (χ0n) is 14.8. The Bertz CT molecular complexity index is 882. The Morgan fingerprint density at radius 2 is 2.00 bits per heavy atom. The van der Waals surface area contributed by atoms with Gasteiger partial charge in [-0.05, 0) is 49.4 Å². The molecule has 0 unspecified atom stereocenters. The van der Waals surface area contributed by atoms with E-state index in [9.17, 15) is 13.4 Å². The quantitative estimate of drug-likeness (QED) is 0.604. The Labute approximate surface area is 153 Å². The van der Waals surface area contributed by atoms with Crippen LogP contribution in [0.5, 0.6) is 0 Å². The van der Waals surface area contributed by atoms with Crippen LogP contribution in [0.15, 0.2) is 29.3 Å². The van der Waals surface area contributed by atoms with E-state index < -0.39 is 13.0 Å². The molecular weight excluding hydrogens is 363 g/mol. The fourth-order valence-corrected chi connectivity index (χ4v) is 3.68. The molecule has 0 saturated heterocycles. The van der Waals surface area contributed by atoms with Crippen molar-refractivity contribution < 1.29 is 27.3 Å². The van der Waals surface area contributed by atoms with Gasteiger partial charge in [0.15, 0.2) is 4.88 Å². The van der Waals surface area contributed by atoms with Gasteiger partial charge in [-0.25, -0.2) is 4.79 Å². The molecule has 0 amide bonds. The molecule has 1 aliphatic rings. The lowest BCUT2D eigenvalue weighted by atomic mass is 10.0. The lowest BCUT2D eigenvalue weighted by Crippen LogP contribution is -2.64. The van der Waals surface area contributed by atoms with Gasteiger partial charge in [0, 0.05) is 24.8 Å². The van der Waals surface area contributed by atoms with Crippen LogP contribution in [0.3, 0.4) is 0 Å². The second-order valence-corrected chi connectivity index (χ2v) is 6.90. The summed E-state index contributed by atoms with van der Waals surface area (Å²) in [4.78, 5) is 18.2. The second-order valence-electron chi connectivity index (χ2n) is 5.93. The van der Waals surface area contributed by atoms with Gasteiger partial charge in [-0.1, -0.05) is 0 Å². The number of ether oxygens (including phenoxy) is 1. The molecule has 2 heterocycles. The first-order valence-corrected chi connectivity index (χ1v) is 8.85. The summed E-state index contributed by atoms with van der Waals surface area (Å²) in [6, 6.07) is 6.92. The largest absolute Gasteiger partial charge is 0.737 e. The summed E-state index contributed by atoms with van der Waals surface area (Å²) in [5.41, 5.74) is 1.44. The standard InChI is InChI=1S/C16H18BF2N3O3S/c1-5-24-15(23)13-10(2)22-16(26-13)20-14(25-17(22,18)19)11-6-8-12(9-7-11)21(3)4/h6-9H,5H2,1-4H3. The average molecular weight is 381 g/mol. The van der Waals surface area contributed by atoms with Crippen LogP contribution < -0.4 is 9.38 Å². The van der Waals surface area contributed by atoms with Crippen molar-refractivity contribution in [3.05, 3.63) is 40.4 Å². The fraction of sp³-hybridized carbons (Fsp3) is 0.312. The van der Waals surface area contributed by atoms with Crippen LogP contribution in [0, 0.1) is 6.92 Å². The minimum Gasteiger partial charge on any atom is -0.590 e. The van der Waals surface area contributed by atoms with E-state index in [1.807, 2.05) is 19.0 Å². The Kier molecular flexibility index (Phi) is 4.70. The maximum Gasteiger partial charge on any atom is 0.737 e. The van der Waals surface area contributed by atoms with Gasteiger partial charge in [-0.3, -0.25) is 0 Å². The minimum absolute atomic E-state index is 0.00786. The van der Waals surface area contributed by atoms with E-state index >= 15 is 0 Å². The zero-order chi connectivity index (χ0) is 19.1. The maximum absolute atomic E-state index is 14.6. The predicted octanol–water partition coefficient (Wildman–Crippen LogP) is 2.92. The van der Waals surface area contributed by atoms with E-state index in [-0.39, 0.29) is 28.2 Å². The number of aliphatic imine (C=N–C) groups is 1. The number of esters is 1. The SMILES string of the molecule is CCOC(=O)c1sc2[n+](c1C)[B-](F)(F)OC(c1ccc(N(C)C)cc1)=N2. The summed E-state index contributed by atoms with van der Waals surface area (Å²) >= 11 is 0.867. The van der Waals surface area contributed by atoms with Crippen LogP contribution in [0.25, 0.3) is 0 Å². The highest BCUT2D eigenvalue weighted by molar-refractivity contribution is 7.17. The number of hydrogen-bond donors (Lipinski definition) is 0. The molecule has 2 aromatic rings. The van der Waals surface area contributed by atoms with E-state index in [0.29, 0.717) is 10.0 Å². The number of hydrogen-bond acceptors (Lipinski definition) is 6. The monoisotopic (exact) mass is 381 g/mol. The molecule has 138 valence electrons. The van der Waals surface area contributed by atoms with E-state index in [1.165, 1.54) is 6.92 Å². The van der Waals surface area contributed by atoms with Gasteiger partial charge in [-0.2, -0.15) is 0 Å². The van der Waals surface area contributed by atoms with E-state index in [2.05, 4.69) is 4.99 Å². The molecule has 26 heavy (non-hydrogen) atoms. The normalized spacial score (nSPS) is 14.9. The molecule has 1 aliphatic heterocycles. The van der Waals surface area contributed by atoms with Gasteiger partial charge in [0.05, 0.1) is 17.9 Å². The Morgan fingerprint density at radius 1 is 1.35 bits per heavy atom. The molecule has 10 heteroatoms. The summed E-state index contributed by atoms with van der Waals surface area (Å²) in [5, 5.41) is 0.00786. The molecule has 3 rings (SSSR count). The van der Waals surface area contributed by atoms with Crippen molar-refractivity contribution in [1.29, 1.82) is 0 Å². The third-order valence-corrected chi connectivity index (χ3v) is 5.07. The minimum atomic E-state index is -4.40. The zero-order valence-corrected chi connectivity index (χ0v) is 15.6. The summed E-state index contributed by atoms with van der Waals surface area (Å²) < 4.78 is 39.8. The van der Waals surface area contributed by atoms with Crippen molar-refractivity contribution >= 4 is 41.1 Å². The highest BCUT2D eigenvalue weighted by atomic mass is 32.1. The second kappa shape index (κ2) is 6.67. The molecule has 0 saturated carbocycles. The Balaban J connectivity index is 2.04. The van der Waals surface area contributed by atoms with Gasteiger partial charge >= 0.3 is 18.1 Å². The lowest BCUT2D eigenvalue weighted by Gasteiger charge is -2.26. The Hall–Kier alpha value is -2.49. The number of nitrogens with zero attached hydrogens (tertiary/aromatic N) is 3. The fourth-order valence-electron chi connectivity index (χ4n) is 2.62. The molecule has 0 spiro atoms. The first-order valence-electron chi connectivity index (χ1n) is 8.03. The third-order valence-electron chi connectivity index (χ3n) is 3.93. The third kappa shape index (κ3) is 3.16.